The quantitative estimate of drug-likeness (QED) is 0.379. The van der Waals surface area contributed by atoms with Crippen LogP contribution in [0.2, 0.25) is 0 Å². The number of carboxylic acids is 1. The zero-order valence-electron chi connectivity index (χ0n) is 15.1. The van der Waals surface area contributed by atoms with Gasteiger partial charge in [0, 0.05) is 5.56 Å². The Labute approximate surface area is 161 Å². The molecule has 1 aliphatic rings. The minimum absolute atomic E-state index is 0.264. The summed E-state index contributed by atoms with van der Waals surface area (Å²) < 4.78 is 11.1. The van der Waals surface area contributed by atoms with Crippen LogP contribution in [-0.4, -0.2) is 47.3 Å². The number of benzene rings is 1. The van der Waals surface area contributed by atoms with Crippen molar-refractivity contribution in [2.75, 3.05) is 13.7 Å². The highest BCUT2D eigenvalue weighted by Crippen LogP contribution is 2.33. The van der Waals surface area contributed by atoms with Gasteiger partial charge >= 0.3 is 5.97 Å². The molecule has 0 spiro atoms. The van der Waals surface area contributed by atoms with Gasteiger partial charge in [0.25, 0.3) is 0 Å². The summed E-state index contributed by atoms with van der Waals surface area (Å²) in [6.07, 6.45) is 3.63. The summed E-state index contributed by atoms with van der Waals surface area (Å²) in [6.45, 7) is 6.12. The number of hydrogen-bond acceptors (Lipinski definition) is 7. The highest BCUT2D eigenvalue weighted by molar-refractivity contribution is 8.15. The maximum atomic E-state index is 11.7. The molecular weight excluding hydrogens is 370 g/mol. The first-order valence-electron chi connectivity index (χ1n) is 8.23. The Morgan fingerprint density at radius 1 is 1.48 bits per heavy atom. The number of allylic oxidation sites excluding steroid dienone is 1. The molecule has 1 saturated heterocycles. The molecule has 0 bridgehead atoms. The van der Waals surface area contributed by atoms with Gasteiger partial charge in [0.15, 0.2) is 16.7 Å². The van der Waals surface area contributed by atoms with E-state index < -0.39 is 11.2 Å². The average Bonchev–Trinajstić information content (AvgIpc) is 2.94. The van der Waals surface area contributed by atoms with Gasteiger partial charge in [-0.15, -0.1) is 11.7 Å². The van der Waals surface area contributed by atoms with E-state index in [1.54, 1.807) is 19.3 Å². The molecule has 1 aliphatic heterocycles. The standard InChI is InChI=1S/C18H21N3O5S/c1-4-6-12-7-11(8-13(26-5-2)16(12)25-3)10-19-21-18-20-17(24)14(27-18)9-15(22)23/h4,7-8,10,14H,1,5-6,9H2,2-3H3,(H,22,23)(H,20,21,24). The summed E-state index contributed by atoms with van der Waals surface area (Å²) in [5.41, 5.74) is 1.65. The number of amidine groups is 1. The second kappa shape index (κ2) is 9.77. The molecule has 2 rings (SSSR count). The van der Waals surface area contributed by atoms with Crippen molar-refractivity contribution in [1.29, 1.82) is 0 Å². The van der Waals surface area contributed by atoms with Gasteiger partial charge in [-0.2, -0.15) is 5.10 Å². The number of carbonyl (C=O) groups is 2. The van der Waals surface area contributed by atoms with Crippen molar-refractivity contribution in [3.63, 3.8) is 0 Å². The van der Waals surface area contributed by atoms with Crippen LogP contribution in [-0.2, 0) is 16.0 Å². The van der Waals surface area contributed by atoms with Gasteiger partial charge in [-0.25, -0.2) is 0 Å². The Morgan fingerprint density at radius 2 is 2.26 bits per heavy atom. The first-order valence-corrected chi connectivity index (χ1v) is 9.11. The van der Waals surface area contributed by atoms with Crippen LogP contribution in [0.1, 0.15) is 24.5 Å². The number of nitrogens with one attached hydrogen (secondary N) is 1. The lowest BCUT2D eigenvalue weighted by Gasteiger charge is -2.14. The predicted molar refractivity (Wildman–Crippen MR) is 105 cm³/mol. The number of rotatable bonds is 9. The molecule has 0 saturated carbocycles. The number of methoxy groups -OCH3 is 1. The van der Waals surface area contributed by atoms with E-state index in [9.17, 15) is 9.59 Å². The SMILES string of the molecule is C=CCc1cc(C=NN=C2NC(=O)C(CC(=O)O)S2)cc(OCC)c1OC. The van der Waals surface area contributed by atoms with Crippen molar-refractivity contribution >= 4 is 35.0 Å². The highest BCUT2D eigenvalue weighted by atomic mass is 32.2. The fourth-order valence-electron chi connectivity index (χ4n) is 2.45. The topological polar surface area (TPSA) is 110 Å². The van der Waals surface area contributed by atoms with Gasteiger partial charge in [0.1, 0.15) is 5.25 Å². The molecule has 1 fully saturated rings. The van der Waals surface area contributed by atoms with Crippen LogP contribution in [0.5, 0.6) is 11.5 Å². The molecular formula is C18H21N3O5S. The minimum atomic E-state index is -1.04. The zero-order valence-corrected chi connectivity index (χ0v) is 15.9. The fourth-order valence-corrected chi connectivity index (χ4v) is 3.37. The van der Waals surface area contributed by atoms with E-state index in [2.05, 4.69) is 22.1 Å². The van der Waals surface area contributed by atoms with Gasteiger partial charge in [-0.05, 0) is 31.0 Å². The Hall–Kier alpha value is -2.81. The molecule has 0 radical (unpaired) electrons. The maximum absolute atomic E-state index is 11.7. The summed E-state index contributed by atoms with van der Waals surface area (Å²) in [7, 11) is 1.58. The van der Waals surface area contributed by atoms with Crippen LogP contribution >= 0.6 is 11.8 Å². The zero-order chi connectivity index (χ0) is 19.8. The smallest absolute Gasteiger partial charge is 0.305 e. The predicted octanol–water partition coefficient (Wildman–Crippen LogP) is 2.22. The van der Waals surface area contributed by atoms with E-state index in [1.165, 1.54) is 6.21 Å². The fraction of sp³-hybridized carbons (Fsp3) is 0.333. The van der Waals surface area contributed by atoms with Gasteiger partial charge in [0.05, 0.1) is 26.4 Å². The number of thioether (sulfide) groups is 1. The first kappa shape index (κ1) is 20.5. The Kier molecular flexibility index (Phi) is 7.42. The molecule has 144 valence electrons. The van der Waals surface area contributed by atoms with Crippen LogP contribution in [0.25, 0.3) is 0 Å². The second-order valence-corrected chi connectivity index (χ2v) is 6.67. The van der Waals surface area contributed by atoms with Crippen LogP contribution in [0.4, 0.5) is 0 Å². The molecule has 9 heteroatoms. The lowest BCUT2D eigenvalue weighted by molar-refractivity contribution is -0.138. The lowest BCUT2D eigenvalue weighted by atomic mass is 10.1. The van der Waals surface area contributed by atoms with Crippen molar-refractivity contribution in [2.24, 2.45) is 10.2 Å². The molecule has 27 heavy (non-hydrogen) atoms. The molecule has 8 nitrogen and oxygen atoms in total. The van der Waals surface area contributed by atoms with E-state index in [-0.39, 0.29) is 17.5 Å². The molecule has 0 aromatic heterocycles. The first-order chi connectivity index (χ1) is 13.0. The molecule has 1 atom stereocenters. The normalized spacial score (nSPS) is 17.9. The van der Waals surface area contributed by atoms with Crippen LogP contribution in [0.15, 0.2) is 35.0 Å². The molecule has 1 heterocycles. The summed E-state index contributed by atoms with van der Waals surface area (Å²) in [5.74, 6) is -0.176. The number of carboxylic acid groups (broad SMARTS) is 1. The summed E-state index contributed by atoms with van der Waals surface area (Å²) in [4.78, 5) is 22.4. The van der Waals surface area contributed by atoms with Crippen LogP contribution in [0.3, 0.4) is 0 Å². The van der Waals surface area contributed by atoms with E-state index in [4.69, 9.17) is 14.6 Å². The number of carbonyl (C=O) groups excluding carboxylic acids is 1. The number of aliphatic carboxylic acids is 1. The van der Waals surface area contributed by atoms with E-state index in [0.717, 1.165) is 22.9 Å². The van der Waals surface area contributed by atoms with E-state index in [1.807, 2.05) is 13.0 Å². The molecule has 2 N–H and O–H groups in total. The lowest BCUT2D eigenvalue weighted by Crippen LogP contribution is -2.26. The number of nitrogens with zero attached hydrogens (tertiary/aromatic N) is 2. The van der Waals surface area contributed by atoms with Crippen molar-refractivity contribution in [2.45, 2.75) is 25.0 Å². The van der Waals surface area contributed by atoms with Crippen molar-refractivity contribution < 1.29 is 24.2 Å². The highest BCUT2D eigenvalue weighted by Gasteiger charge is 2.32. The number of ether oxygens (including phenoxy) is 2. The summed E-state index contributed by atoms with van der Waals surface area (Å²) in [6, 6.07) is 3.67. The van der Waals surface area contributed by atoms with Crippen LogP contribution in [0, 0.1) is 0 Å². The summed E-state index contributed by atoms with van der Waals surface area (Å²) in [5, 5.41) is 18.8. The average molecular weight is 391 g/mol. The third-order valence-electron chi connectivity index (χ3n) is 3.51. The van der Waals surface area contributed by atoms with Gasteiger partial charge < -0.3 is 19.9 Å². The van der Waals surface area contributed by atoms with Crippen molar-refractivity contribution in [3.05, 3.63) is 35.9 Å². The van der Waals surface area contributed by atoms with Gasteiger partial charge in [-0.1, -0.05) is 17.8 Å². The largest absolute Gasteiger partial charge is 0.493 e. The van der Waals surface area contributed by atoms with Crippen LogP contribution < -0.4 is 14.8 Å². The van der Waals surface area contributed by atoms with E-state index in [0.29, 0.717) is 24.5 Å². The molecule has 1 amide bonds. The minimum Gasteiger partial charge on any atom is -0.493 e. The van der Waals surface area contributed by atoms with Crippen molar-refractivity contribution in [3.8, 4) is 11.5 Å². The van der Waals surface area contributed by atoms with Gasteiger partial charge in [-0.3, -0.25) is 9.59 Å². The molecule has 1 unspecified atom stereocenters. The maximum Gasteiger partial charge on any atom is 0.305 e. The van der Waals surface area contributed by atoms with Gasteiger partial charge in [0.2, 0.25) is 5.91 Å². The number of hydrogen-bond donors (Lipinski definition) is 2. The Bertz CT molecular complexity index is 791. The molecule has 1 aromatic rings. The molecule has 0 aliphatic carbocycles. The third-order valence-corrected chi connectivity index (χ3v) is 4.59. The second-order valence-electron chi connectivity index (χ2n) is 5.48. The van der Waals surface area contributed by atoms with Crippen molar-refractivity contribution in [1.82, 2.24) is 5.32 Å². The third kappa shape index (κ3) is 5.58. The number of amides is 1. The monoisotopic (exact) mass is 391 g/mol. The van der Waals surface area contributed by atoms with E-state index >= 15 is 0 Å². The Balaban J connectivity index is 2.19. The molecule has 1 aromatic carbocycles. The summed E-state index contributed by atoms with van der Waals surface area (Å²) >= 11 is 1.05. The Morgan fingerprint density at radius 3 is 2.89 bits per heavy atom.